The van der Waals surface area contributed by atoms with Gasteiger partial charge in [-0.2, -0.15) is 0 Å². The van der Waals surface area contributed by atoms with Crippen LogP contribution in [0.4, 0.5) is 11.5 Å². The summed E-state index contributed by atoms with van der Waals surface area (Å²) in [5.74, 6) is 1.13. The molecular formula is C15H24N4. The van der Waals surface area contributed by atoms with E-state index in [0.29, 0.717) is 6.04 Å². The maximum Gasteiger partial charge on any atom is 0.128 e. The van der Waals surface area contributed by atoms with Crippen molar-refractivity contribution in [2.45, 2.75) is 31.7 Å². The molecule has 4 heteroatoms. The lowest BCUT2D eigenvalue weighted by Gasteiger charge is -2.27. The topological polar surface area (TPSA) is 31.4 Å². The minimum absolute atomic E-state index is 0.577. The average Bonchev–Trinajstić information content (AvgIpc) is 2.86. The molecule has 2 aliphatic rings. The smallest absolute Gasteiger partial charge is 0.128 e. The molecule has 0 spiro atoms. The summed E-state index contributed by atoms with van der Waals surface area (Å²) < 4.78 is 0. The lowest BCUT2D eigenvalue weighted by Crippen LogP contribution is -2.30. The number of hydrogen-bond acceptors (Lipinski definition) is 4. The van der Waals surface area contributed by atoms with Gasteiger partial charge in [-0.05, 0) is 51.4 Å². The highest BCUT2D eigenvalue weighted by Gasteiger charge is 2.19. The number of nitrogens with zero attached hydrogens (tertiary/aromatic N) is 3. The standard InChI is InChI=1S/C15H24N4/c1-18-10-7-14(12-18)17-13-5-6-15(16-11-13)19-8-3-2-4-9-19/h5-6,11,14,17H,2-4,7-10,12H2,1H3. The van der Waals surface area contributed by atoms with Crippen molar-refractivity contribution in [3.8, 4) is 0 Å². The summed E-state index contributed by atoms with van der Waals surface area (Å²) in [5.41, 5.74) is 1.15. The van der Waals surface area contributed by atoms with Gasteiger partial charge in [0.15, 0.2) is 0 Å². The van der Waals surface area contributed by atoms with Crippen molar-refractivity contribution in [3.05, 3.63) is 18.3 Å². The van der Waals surface area contributed by atoms with E-state index in [9.17, 15) is 0 Å². The molecule has 2 aliphatic heterocycles. The van der Waals surface area contributed by atoms with E-state index in [1.54, 1.807) is 0 Å². The van der Waals surface area contributed by atoms with Gasteiger partial charge < -0.3 is 15.1 Å². The lowest BCUT2D eigenvalue weighted by molar-refractivity contribution is 0.414. The number of piperidine rings is 1. The van der Waals surface area contributed by atoms with Crippen molar-refractivity contribution >= 4 is 11.5 Å². The summed E-state index contributed by atoms with van der Waals surface area (Å²) in [6.07, 6.45) is 7.18. The molecule has 19 heavy (non-hydrogen) atoms. The molecule has 0 bridgehead atoms. The maximum atomic E-state index is 4.61. The fraction of sp³-hybridized carbons (Fsp3) is 0.667. The van der Waals surface area contributed by atoms with Crippen LogP contribution in [0.5, 0.6) is 0 Å². The molecule has 1 aromatic rings. The van der Waals surface area contributed by atoms with E-state index in [-0.39, 0.29) is 0 Å². The molecule has 1 N–H and O–H groups in total. The van der Waals surface area contributed by atoms with Gasteiger partial charge in [0, 0.05) is 25.7 Å². The first-order chi connectivity index (χ1) is 9.31. The summed E-state index contributed by atoms with van der Waals surface area (Å²) >= 11 is 0. The van der Waals surface area contributed by atoms with Gasteiger partial charge in [-0.15, -0.1) is 0 Å². The number of aromatic nitrogens is 1. The van der Waals surface area contributed by atoms with Gasteiger partial charge in [-0.3, -0.25) is 0 Å². The minimum Gasteiger partial charge on any atom is -0.380 e. The van der Waals surface area contributed by atoms with E-state index < -0.39 is 0 Å². The van der Waals surface area contributed by atoms with E-state index in [0.717, 1.165) is 31.1 Å². The maximum absolute atomic E-state index is 4.61. The summed E-state index contributed by atoms with van der Waals surface area (Å²) in [4.78, 5) is 9.38. The van der Waals surface area contributed by atoms with E-state index >= 15 is 0 Å². The van der Waals surface area contributed by atoms with Gasteiger partial charge in [0.05, 0.1) is 11.9 Å². The summed E-state index contributed by atoms with van der Waals surface area (Å²) in [7, 11) is 2.18. The molecule has 0 radical (unpaired) electrons. The van der Waals surface area contributed by atoms with Crippen LogP contribution in [0.2, 0.25) is 0 Å². The zero-order valence-electron chi connectivity index (χ0n) is 11.8. The van der Waals surface area contributed by atoms with Crippen LogP contribution in [0.3, 0.4) is 0 Å². The molecule has 2 fully saturated rings. The van der Waals surface area contributed by atoms with Gasteiger partial charge >= 0.3 is 0 Å². The van der Waals surface area contributed by atoms with Crippen LogP contribution >= 0.6 is 0 Å². The predicted molar refractivity (Wildman–Crippen MR) is 79.8 cm³/mol. The Kier molecular flexibility index (Phi) is 3.87. The number of pyridine rings is 1. The van der Waals surface area contributed by atoms with Crippen molar-refractivity contribution in [1.29, 1.82) is 0 Å². The molecule has 0 amide bonds. The SMILES string of the molecule is CN1CCC(Nc2ccc(N3CCCCC3)nc2)C1. The Balaban J connectivity index is 1.59. The predicted octanol–water partition coefficient (Wildman–Crippen LogP) is 2.19. The van der Waals surface area contributed by atoms with Crippen LogP contribution in [0, 0.1) is 0 Å². The Morgan fingerprint density at radius 1 is 1.16 bits per heavy atom. The second-order valence-corrected chi connectivity index (χ2v) is 5.84. The van der Waals surface area contributed by atoms with Crippen molar-refractivity contribution in [2.24, 2.45) is 0 Å². The molecular weight excluding hydrogens is 236 g/mol. The normalized spacial score (nSPS) is 24.7. The van der Waals surface area contributed by atoms with Crippen LogP contribution in [-0.4, -0.2) is 49.2 Å². The van der Waals surface area contributed by atoms with Crippen LogP contribution in [0.15, 0.2) is 18.3 Å². The molecule has 104 valence electrons. The second kappa shape index (κ2) is 5.78. The quantitative estimate of drug-likeness (QED) is 0.902. The Morgan fingerprint density at radius 3 is 2.63 bits per heavy atom. The molecule has 0 aliphatic carbocycles. The number of nitrogens with one attached hydrogen (secondary N) is 1. The Labute approximate surface area is 115 Å². The van der Waals surface area contributed by atoms with Gasteiger partial charge in [-0.25, -0.2) is 4.98 Å². The second-order valence-electron chi connectivity index (χ2n) is 5.84. The third-order valence-electron chi connectivity index (χ3n) is 4.19. The molecule has 2 saturated heterocycles. The highest BCUT2D eigenvalue weighted by molar-refractivity contribution is 5.49. The van der Waals surface area contributed by atoms with E-state index in [4.69, 9.17) is 0 Å². The number of rotatable bonds is 3. The Morgan fingerprint density at radius 2 is 2.00 bits per heavy atom. The van der Waals surface area contributed by atoms with Crippen LogP contribution in [-0.2, 0) is 0 Å². The first-order valence-corrected chi connectivity index (χ1v) is 7.47. The molecule has 3 rings (SSSR count). The largest absolute Gasteiger partial charge is 0.380 e. The monoisotopic (exact) mass is 260 g/mol. The third kappa shape index (κ3) is 3.18. The fourth-order valence-corrected chi connectivity index (χ4v) is 3.07. The van der Waals surface area contributed by atoms with Gasteiger partial charge in [0.25, 0.3) is 0 Å². The molecule has 0 aromatic carbocycles. The molecule has 0 saturated carbocycles. The zero-order valence-corrected chi connectivity index (χ0v) is 11.8. The van der Waals surface area contributed by atoms with Crippen molar-refractivity contribution in [2.75, 3.05) is 43.4 Å². The first kappa shape index (κ1) is 12.7. The number of hydrogen-bond donors (Lipinski definition) is 1. The molecule has 4 nitrogen and oxygen atoms in total. The first-order valence-electron chi connectivity index (χ1n) is 7.47. The van der Waals surface area contributed by atoms with Crippen molar-refractivity contribution in [1.82, 2.24) is 9.88 Å². The van der Waals surface area contributed by atoms with E-state index in [1.165, 1.54) is 32.2 Å². The van der Waals surface area contributed by atoms with Crippen molar-refractivity contribution < 1.29 is 0 Å². The van der Waals surface area contributed by atoms with Crippen LogP contribution in [0.1, 0.15) is 25.7 Å². The number of likely N-dealkylation sites (N-methyl/N-ethyl adjacent to an activating group) is 1. The molecule has 1 atom stereocenters. The average molecular weight is 260 g/mol. The summed E-state index contributed by atoms with van der Waals surface area (Å²) in [6.45, 7) is 4.64. The number of anilines is 2. The minimum atomic E-state index is 0.577. The van der Waals surface area contributed by atoms with E-state index in [1.807, 2.05) is 6.20 Å². The fourth-order valence-electron chi connectivity index (χ4n) is 3.07. The highest BCUT2D eigenvalue weighted by Crippen LogP contribution is 2.20. The van der Waals surface area contributed by atoms with E-state index in [2.05, 4.69) is 39.3 Å². The van der Waals surface area contributed by atoms with Gasteiger partial charge in [0.1, 0.15) is 5.82 Å². The molecule has 1 aromatic heterocycles. The van der Waals surface area contributed by atoms with Crippen molar-refractivity contribution in [3.63, 3.8) is 0 Å². The van der Waals surface area contributed by atoms with Crippen LogP contribution < -0.4 is 10.2 Å². The summed E-state index contributed by atoms with van der Waals surface area (Å²) in [6, 6.07) is 4.91. The molecule has 3 heterocycles. The number of likely N-dealkylation sites (tertiary alicyclic amines) is 1. The van der Waals surface area contributed by atoms with Gasteiger partial charge in [-0.1, -0.05) is 0 Å². The molecule has 1 unspecified atom stereocenters. The van der Waals surface area contributed by atoms with Gasteiger partial charge in [0.2, 0.25) is 0 Å². The van der Waals surface area contributed by atoms with Crippen LogP contribution in [0.25, 0.3) is 0 Å². The Bertz CT molecular complexity index is 397. The summed E-state index contributed by atoms with van der Waals surface area (Å²) in [5, 5.41) is 3.58. The highest BCUT2D eigenvalue weighted by atomic mass is 15.2. The zero-order chi connectivity index (χ0) is 13.1. The third-order valence-corrected chi connectivity index (χ3v) is 4.19. The lowest BCUT2D eigenvalue weighted by atomic mass is 10.1. The Hall–Kier alpha value is -1.29.